The van der Waals surface area contributed by atoms with Crippen LogP contribution in [0.4, 0.5) is 9.52 Å². The van der Waals surface area contributed by atoms with Gasteiger partial charge in [0.1, 0.15) is 12.4 Å². The van der Waals surface area contributed by atoms with Crippen molar-refractivity contribution < 1.29 is 23.5 Å². The third-order valence-electron chi connectivity index (χ3n) is 3.70. The zero-order chi connectivity index (χ0) is 17.9. The van der Waals surface area contributed by atoms with E-state index in [0.29, 0.717) is 30.6 Å². The Bertz CT molecular complexity index is 788. The van der Waals surface area contributed by atoms with Gasteiger partial charge in [-0.3, -0.25) is 14.9 Å². The first-order valence-electron chi connectivity index (χ1n) is 7.69. The molecule has 6 nitrogen and oxygen atoms in total. The molecule has 0 aliphatic carbocycles. The number of halogens is 1. The van der Waals surface area contributed by atoms with Gasteiger partial charge in [-0.25, -0.2) is 9.37 Å². The molecule has 2 aromatic rings. The van der Waals surface area contributed by atoms with Gasteiger partial charge in [-0.2, -0.15) is 0 Å². The number of nitrogens with one attached hydrogen (secondary N) is 1. The van der Waals surface area contributed by atoms with Crippen LogP contribution in [0.25, 0.3) is 0 Å². The predicted octanol–water partition coefficient (Wildman–Crippen LogP) is 2.66. The summed E-state index contributed by atoms with van der Waals surface area (Å²) in [4.78, 5) is 28.1. The Kier molecular flexibility index (Phi) is 5.10. The summed E-state index contributed by atoms with van der Waals surface area (Å²) in [5.41, 5.74) is 0.333. The number of carbonyl (C=O) groups is 2. The van der Waals surface area contributed by atoms with Crippen molar-refractivity contribution in [2.75, 3.05) is 25.1 Å². The number of thiazole rings is 1. The summed E-state index contributed by atoms with van der Waals surface area (Å²) in [5.74, 6) is -1.57. The van der Waals surface area contributed by atoms with Crippen molar-refractivity contribution in [3.63, 3.8) is 0 Å². The molecule has 0 radical (unpaired) electrons. The van der Waals surface area contributed by atoms with Crippen LogP contribution in [0.15, 0.2) is 29.6 Å². The van der Waals surface area contributed by atoms with E-state index in [4.69, 9.17) is 9.47 Å². The van der Waals surface area contributed by atoms with Gasteiger partial charge in [0.25, 0.3) is 5.91 Å². The highest BCUT2D eigenvalue weighted by Gasteiger charge is 2.34. The number of aromatic nitrogens is 1. The Hall–Kier alpha value is -2.32. The van der Waals surface area contributed by atoms with Gasteiger partial charge in [0.2, 0.25) is 0 Å². The standard InChI is InChI=1S/C17H17FN2O4S/c1-17(8-23-9-17)10-24-14(21)6-11-7-25-16(19-11)20-15(22)12-4-2-3-5-13(12)18/h2-5,7H,6,8-10H2,1H3,(H,19,20,22). The SMILES string of the molecule is CC1(COC(=O)Cc2csc(NC(=O)c3ccccc3F)n2)COC1. The van der Waals surface area contributed by atoms with Gasteiger partial charge in [0.15, 0.2) is 5.13 Å². The minimum Gasteiger partial charge on any atom is -0.465 e. The Labute approximate surface area is 148 Å². The number of amides is 1. The van der Waals surface area contributed by atoms with Crippen LogP contribution < -0.4 is 5.32 Å². The lowest BCUT2D eigenvalue weighted by Crippen LogP contribution is -2.44. The molecule has 0 saturated carbocycles. The fraction of sp³-hybridized carbons (Fsp3) is 0.353. The number of benzene rings is 1. The molecular formula is C17H17FN2O4S. The van der Waals surface area contributed by atoms with Crippen LogP contribution in [-0.4, -0.2) is 36.7 Å². The quantitative estimate of drug-likeness (QED) is 0.798. The van der Waals surface area contributed by atoms with E-state index in [1.807, 2.05) is 6.92 Å². The summed E-state index contributed by atoms with van der Waals surface area (Å²) >= 11 is 1.17. The Morgan fingerprint density at radius 1 is 1.40 bits per heavy atom. The molecule has 2 heterocycles. The summed E-state index contributed by atoms with van der Waals surface area (Å²) in [6.45, 7) is 3.47. The van der Waals surface area contributed by atoms with Crippen molar-refractivity contribution in [3.05, 3.63) is 46.7 Å². The van der Waals surface area contributed by atoms with E-state index in [-0.39, 0.29) is 23.4 Å². The molecule has 25 heavy (non-hydrogen) atoms. The number of anilines is 1. The van der Waals surface area contributed by atoms with E-state index >= 15 is 0 Å². The van der Waals surface area contributed by atoms with Crippen molar-refractivity contribution >= 4 is 28.3 Å². The topological polar surface area (TPSA) is 77.5 Å². The molecule has 1 aromatic heterocycles. The van der Waals surface area contributed by atoms with Gasteiger partial charge in [0, 0.05) is 10.8 Å². The Morgan fingerprint density at radius 3 is 2.84 bits per heavy atom. The molecule has 0 spiro atoms. The molecular weight excluding hydrogens is 347 g/mol. The van der Waals surface area contributed by atoms with Gasteiger partial charge >= 0.3 is 5.97 Å². The normalized spacial score (nSPS) is 15.3. The number of hydrogen-bond donors (Lipinski definition) is 1. The average molecular weight is 364 g/mol. The second-order valence-corrected chi connectivity index (χ2v) is 7.08. The first-order chi connectivity index (χ1) is 12.0. The molecule has 132 valence electrons. The van der Waals surface area contributed by atoms with Gasteiger partial charge in [0.05, 0.1) is 30.9 Å². The highest BCUT2D eigenvalue weighted by Crippen LogP contribution is 2.26. The zero-order valence-corrected chi connectivity index (χ0v) is 14.4. The molecule has 1 aromatic carbocycles. The van der Waals surface area contributed by atoms with Gasteiger partial charge in [-0.05, 0) is 12.1 Å². The van der Waals surface area contributed by atoms with Crippen molar-refractivity contribution in [1.82, 2.24) is 4.98 Å². The van der Waals surface area contributed by atoms with Gasteiger partial charge in [-0.1, -0.05) is 19.1 Å². The first kappa shape index (κ1) is 17.5. The summed E-state index contributed by atoms with van der Waals surface area (Å²) in [6, 6.07) is 5.69. The second-order valence-electron chi connectivity index (χ2n) is 6.22. The number of hydrogen-bond acceptors (Lipinski definition) is 6. The van der Waals surface area contributed by atoms with Gasteiger partial charge in [-0.15, -0.1) is 11.3 Å². The van der Waals surface area contributed by atoms with E-state index in [1.54, 1.807) is 11.4 Å². The van der Waals surface area contributed by atoms with Gasteiger partial charge < -0.3 is 9.47 Å². The average Bonchev–Trinajstić information content (AvgIpc) is 2.98. The van der Waals surface area contributed by atoms with Crippen molar-refractivity contribution in [1.29, 1.82) is 0 Å². The molecule has 1 fully saturated rings. The van der Waals surface area contributed by atoms with Crippen LogP contribution in [0.2, 0.25) is 0 Å². The highest BCUT2D eigenvalue weighted by atomic mass is 32.1. The van der Waals surface area contributed by atoms with Crippen LogP contribution in [-0.2, 0) is 20.7 Å². The largest absolute Gasteiger partial charge is 0.465 e. The lowest BCUT2D eigenvalue weighted by molar-refractivity contribution is -0.164. The van der Waals surface area contributed by atoms with Crippen LogP contribution in [0.1, 0.15) is 23.0 Å². The van der Waals surface area contributed by atoms with E-state index in [2.05, 4.69) is 10.3 Å². The maximum atomic E-state index is 13.6. The molecule has 0 unspecified atom stereocenters. The van der Waals surface area contributed by atoms with E-state index < -0.39 is 11.7 Å². The molecule has 1 saturated heterocycles. The summed E-state index contributed by atoms with van der Waals surface area (Å²) < 4.78 is 23.9. The lowest BCUT2D eigenvalue weighted by atomic mass is 9.90. The Balaban J connectivity index is 1.52. The molecule has 0 atom stereocenters. The highest BCUT2D eigenvalue weighted by molar-refractivity contribution is 7.14. The molecule has 1 N–H and O–H groups in total. The minimum atomic E-state index is -0.603. The van der Waals surface area contributed by atoms with Crippen LogP contribution in [0.3, 0.4) is 0 Å². The zero-order valence-electron chi connectivity index (χ0n) is 13.6. The fourth-order valence-corrected chi connectivity index (χ4v) is 2.95. The second kappa shape index (κ2) is 7.28. The number of nitrogens with zero attached hydrogens (tertiary/aromatic N) is 1. The summed E-state index contributed by atoms with van der Waals surface area (Å²) in [6.07, 6.45) is 0.0169. The number of esters is 1. The summed E-state index contributed by atoms with van der Waals surface area (Å²) in [5, 5.41) is 4.49. The number of rotatable bonds is 6. The molecule has 1 aliphatic rings. The van der Waals surface area contributed by atoms with Crippen LogP contribution in [0.5, 0.6) is 0 Å². The number of ether oxygens (including phenoxy) is 2. The predicted molar refractivity (Wildman–Crippen MR) is 90.1 cm³/mol. The lowest BCUT2D eigenvalue weighted by Gasteiger charge is -2.37. The van der Waals surface area contributed by atoms with Crippen LogP contribution >= 0.6 is 11.3 Å². The smallest absolute Gasteiger partial charge is 0.311 e. The maximum Gasteiger partial charge on any atom is 0.311 e. The number of carbonyl (C=O) groups excluding carboxylic acids is 2. The van der Waals surface area contributed by atoms with E-state index in [9.17, 15) is 14.0 Å². The molecule has 1 amide bonds. The van der Waals surface area contributed by atoms with Crippen molar-refractivity contribution in [2.45, 2.75) is 13.3 Å². The van der Waals surface area contributed by atoms with Crippen molar-refractivity contribution in [2.24, 2.45) is 5.41 Å². The first-order valence-corrected chi connectivity index (χ1v) is 8.57. The van der Waals surface area contributed by atoms with Crippen LogP contribution in [0, 0.1) is 11.2 Å². The maximum absolute atomic E-state index is 13.6. The Morgan fingerprint density at radius 2 is 2.16 bits per heavy atom. The summed E-state index contributed by atoms with van der Waals surface area (Å²) in [7, 11) is 0. The van der Waals surface area contributed by atoms with Crippen molar-refractivity contribution in [3.8, 4) is 0 Å². The van der Waals surface area contributed by atoms with E-state index in [1.165, 1.54) is 29.5 Å². The molecule has 3 rings (SSSR count). The molecule has 1 aliphatic heterocycles. The third kappa shape index (κ3) is 4.40. The van der Waals surface area contributed by atoms with E-state index in [0.717, 1.165) is 0 Å². The monoisotopic (exact) mass is 364 g/mol. The molecule has 8 heteroatoms. The molecule has 0 bridgehead atoms. The third-order valence-corrected chi connectivity index (χ3v) is 4.51. The fourth-order valence-electron chi connectivity index (χ4n) is 2.24. The minimum absolute atomic E-state index is 0.0169.